The summed E-state index contributed by atoms with van der Waals surface area (Å²) in [6, 6.07) is 17.4. The lowest BCUT2D eigenvalue weighted by Crippen LogP contribution is -1.93. The molecule has 0 atom stereocenters. The molecule has 0 bridgehead atoms. The number of esters is 1. The summed E-state index contributed by atoms with van der Waals surface area (Å²) in [5.41, 5.74) is 2.72. The number of methoxy groups -OCH3 is 1. The van der Waals surface area contributed by atoms with Crippen LogP contribution in [0.25, 0.3) is 6.08 Å². The number of carbonyl (C=O) groups excluding carboxylic acids is 1. The Hall–Kier alpha value is -2.79. The Bertz CT molecular complexity index is 673. The second-order valence-electron chi connectivity index (χ2n) is 4.06. The van der Waals surface area contributed by atoms with Crippen LogP contribution in [0.5, 0.6) is 0 Å². The molecule has 0 unspecified atom stereocenters. The number of hydrogen-bond acceptors (Lipinski definition) is 2. The van der Waals surface area contributed by atoms with Gasteiger partial charge >= 0.3 is 5.97 Å². The van der Waals surface area contributed by atoms with Crippen LogP contribution in [-0.2, 0) is 9.53 Å². The van der Waals surface area contributed by atoms with Gasteiger partial charge in [-0.1, -0.05) is 48.2 Å². The average molecular weight is 262 g/mol. The summed E-state index contributed by atoms with van der Waals surface area (Å²) < 4.78 is 4.58. The number of ether oxygens (including phenoxy) is 1. The van der Waals surface area contributed by atoms with Crippen molar-refractivity contribution in [1.82, 2.24) is 0 Å². The first kappa shape index (κ1) is 13.6. The molecule has 2 rings (SSSR count). The Balaban J connectivity index is 2.27. The predicted octanol–water partition coefficient (Wildman–Crippen LogP) is 3.27. The average Bonchev–Trinajstić information content (AvgIpc) is 2.52. The molecule has 0 saturated heterocycles. The van der Waals surface area contributed by atoms with E-state index in [1.54, 1.807) is 6.08 Å². The molecular weight excluding hydrogens is 248 g/mol. The van der Waals surface area contributed by atoms with Gasteiger partial charge in [0, 0.05) is 17.2 Å². The largest absolute Gasteiger partial charge is 0.466 e. The molecule has 0 aliphatic heterocycles. The molecule has 0 aliphatic rings. The highest BCUT2D eigenvalue weighted by Crippen LogP contribution is 2.10. The highest BCUT2D eigenvalue weighted by Gasteiger charge is 1.96. The molecule has 2 nitrogen and oxygen atoms in total. The third kappa shape index (κ3) is 3.86. The fraction of sp³-hybridized carbons (Fsp3) is 0.0556. The van der Waals surface area contributed by atoms with Gasteiger partial charge < -0.3 is 4.74 Å². The van der Waals surface area contributed by atoms with Crippen molar-refractivity contribution in [2.24, 2.45) is 0 Å². The van der Waals surface area contributed by atoms with Crippen LogP contribution in [0.15, 0.2) is 60.7 Å². The van der Waals surface area contributed by atoms with Crippen molar-refractivity contribution in [3.8, 4) is 11.8 Å². The van der Waals surface area contributed by atoms with Gasteiger partial charge in [-0.3, -0.25) is 0 Å². The van der Waals surface area contributed by atoms with Gasteiger partial charge in [0.2, 0.25) is 0 Å². The van der Waals surface area contributed by atoms with Crippen molar-refractivity contribution in [1.29, 1.82) is 0 Å². The lowest BCUT2D eigenvalue weighted by molar-refractivity contribution is -0.134. The van der Waals surface area contributed by atoms with E-state index < -0.39 is 0 Å². The number of carbonyl (C=O) groups is 1. The maximum Gasteiger partial charge on any atom is 0.330 e. The summed E-state index contributed by atoms with van der Waals surface area (Å²) >= 11 is 0. The smallest absolute Gasteiger partial charge is 0.330 e. The Morgan fingerprint density at radius 1 is 1.00 bits per heavy atom. The molecule has 0 amide bonds. The number of rotatable bonds is 2. The van der Waals surface area contributed by atoms with E-state index in [0.717, 1.165) is 16.7 Å². The highest BCUT2D eigenvalue weighted by atomic mass is 16.5. The van der Waals surface area contributed by atoms with Gasteiger partial charge in [-0.05, 0) is 29.8 Å². The summed E-state index contributed by atoms with van der Waals surface area (Å²) in [4.78, 5) is 11.1. The summed E-state index contributed by atoms with van der Waals surface area (Å²) in [5, 5.41) is 0. The summed E-state index contributed by atoms with van der Waals surface area (Å²) in [5.74, 6) is 5.84. The summed E-state index contributed by atoms with van der Waals surface area (Å²) in [7, 11) is 1.35. The van der Waals surface area contributed by atoms with Gasteiger partial charge in [-0.25, -0.2) is 4.79 Å². The van der Waals surface area contributed by atoms with E-state index in [9.17, 15) is 4.79 Å². The first-order valence-corrected chi connectivity index (χ1v) is 6.22. The van der Waals surface area contributed by atoms with Crippen LogP contribution in [0, 0.1) is 11.8 Å². The molecule has 0 saturated carbocycles. The molecule has 0 fully saturated rings. The molecule has 0 aliphatic carbocycles. The summed E-state index contributed by atoms with van der Waals surface area (Å²) in [6.45, 7) is 0. The van der Waals surface area contributed by atoms with Gasteiger partial charge in [0.1, 0.15) is 0 Å². The number of benzene rings is 2. The Labute approximate surface area is 118 Å². The zero-order chi connectivity index (χ0) is 14.2. The molecule has 20 heavy (non-hydrogen) atoms. The quantitative estimate of drug-likeness (QED) is 0.471. The third-order valence-corrected chi connectivity index (χ3v) is 2.68. The predicted molar refractivity (Wildman–Crippen MR) is 79.9 cm³/mol. The molecule has 0 spiro atoms. The monoisotopic (exact) mass is 262 g/mol. The SMILES string of the molecule is COC(=O)/C=C/c1ccccc1C#Cc1ccccc1. The first-order valence-electron chi connectivity index (χ1n) is 6.22. The zero-order valence-corrected chi connectivity index (χ0v) is 11.2. The van der Waals surface area contributed by atoms with E-state index in [1.165, 1.54) is 13.2 Å². The standard InChI is InChI=1S/C18H14O2/c1-20-18(19)14-13-17-10-6-5-9-16(17)12-11-15-7-3-2-4-8-15/h2-10,13-14H,1H3/b14-13+. The minimum absolute atomic E-state index is 0.379. The first-order chi connectivity index (χ1) is 9.79. The van der Waals surface area contributed by atoms with Crippen LogP contribution in [0.3, 0.4) is 0 Å². The maximum absolute atomic E-state index is 11.1. The van der Waals surface area contributed by atoms with Crippen molar-refractivity contribution in [3.63, 3.8) is 0 Å². The van der Waals surface area contributed by atoms with Gasteiger partial charge in [0.15, 0.2) is 0 Å². The normalized spacial score (nSPS) is 9.85. The molecule has 2 aromatic carbocycles. The van der Waals surface area contributed by atoms with Crippen LogP contribution >= 0.6 is 0 Å². The molecule has 2 heteroatoms. The zero-order valence-electron chi connectivity index (χ0n) is 11.2. The van der Waals surface area contributed by atoms with E-state index in [2.05, 4.69) is 16.6 Å². The van der Waals surface area contributed by atoms with Crippen LogP contribution in [0.2, 0.25) is 0 Å². The van der Waals surface area contributed by atoms with Gasteiger partial charge in [-0.15, -0.1) is 0 Å². The summed E-state index contributed by atoms with van der Waals surface area (Å²) in [6.07, 6.45) is 3.10. The van der Waals surface area contributed by atoms with Gasteiger partial charge in [-0.2, -0.15) is 0 Å². The molecule has 0 heterocycles. The maximum atomic E-state index is 11.1. The van der Waals surface area contributed by atoms with E-state index in [4.69, 9.17) is 0 Å². The molecule has 0 radical (unpaired) electrons. The highest BCUT2D eigenvalue weighted by molar-refractivity contribution is 5.87. The van der Waals surface area contributed by atoms with Crippen molar-refractivity contribution in [2.45, 2.75) is 0 Å². The van der Waals surface area contributed by atoms with Gasteiger partial charge in [0.25, 0.3) is 0 Å². The second-order valence-corrected chi connectivity index (χ2v) is 4.06. The Morgan fingerprint density at radius 3 is 2.45 bits per heavy atom. The Kier molecular flexibility index (Phi) is 4.75. The van der Waals surface area contributed by atoms with E-state index in [0.29, 0.717) is 0 Å². The number of hydrogen-bond donors (Lipinski definition) is 0. The van der Waals surface area contributed by atoms with Crippen LogP contribution in [-0.4, -0.2) is 13.1 Å². The fourth-order valence-corrected chi connectivity index (χ4v) is 1.64. The topological polar surface area (TPSA) is 26.3 Å². The fourth-order valence-electron chi connectivity index (χ4n) is 1.64. The van der Waals surface area contributed by atoms with Crippen LogP contribution < -0.4 is 0 Å². The van der Waals surface area contributed by atoms with Crippen molar-refractivity contribution >= 4 is 12.0 Å². The van der Waals surface area contributed by atoms with Crippen molar-refractivity contribution < 1.29 is 9.53 Å². The molecule has 98 valence electrons. The van der Waals surface area contributed by atoms with Crippen LogP contribution in [0.1, 0.15) is 16.7 Å². The minimum atomic E-state index is -0.379. The van der Waals surface area contributed by atoms with Gasteiger partial charge in [0.05, 0.1) is 7.11 Å². The minimum Gasteiger partial charge on any atom is -0.466 e. The lowest BCUT2D eigenvalue weighted by Gasteiger charge is -1.98. The third-order valence-electron chi connectivity index (χ3n) is 2.68. The van der Waals surface area contributed by atoms with Crippen molar-refractivity contribution in [3.05, 3.63) is 77.4 Å². The molecule has 0 N–H and O–H groups in total. The molecule has 2 aromatic rings. The molecular formula is C18H14O2. The van der Waals surface area contributed by atoms with E-state index >= 15 is 0 Å². The Morgan fingerprint density at radius 2 is 1.70 bits per heavy atom. The lowest BCUT2D eigenvalue weighted by atomic mass is 10.1. The molecule has 0 aromatic heterocycles. The van der Waals surface area contributed by atoms with E-state index in [1.807, 2.05) is 54.6 Å². The second kappa shape index (κ2) is 6.96. The van der Waals surface area contributed by atoms with Crippen LogP contribution in [0.4, 0.5) is 0 Å². The van der Waals surface area contributed by atoms with Crippen molar-refractivity contribution in [2.75, 3.05) is 7.11 Å². The van der Waals surface area contributed by atoms with E-state index in [-0.39, 0.29) is 5.97 Å².